The number of H-pyrrole nitrogens is 1. The highest BCUT2D eigenvalue weighted by Gasteiger charge is 2.31. The van der Waals surface area contributed by atoms with Gasteiger partial charge in [0.05, 0.1) is 5.56 Å². The number of hydrogen-bond acceptors (Lipinski definition) is 3. The predicted molar refractivity (Wildman–Crippen MR) is 98.3 cm³/mol. The van der Waals surface area contributed by atoms with Gasteiger partial charge in [-0.3, -0.25) is 14.4 Å². The van der Waals surface area contributed by atoms with Gasteiger partial charge in [0.25, 0.3) is 5.91 Å². The van der Waals surface area contributed by atoms with Crippen LogP contribution in [0.5, 0.6) is 0 Å². The molecule has 0 saturated heterocycles. The number of rotatable bonds is 3. The van der Waals surface area contributed by atoms with E-state index in [1.165, 1.54) is 18.3 Å². The normalized spacial score (nSPS) is 11.3. The number of anilines is 2. The van der Waals surface area contributed by atoms with Crippen molar-refractivity contribution in [2.24, 2.45) is 0 Å². The summed E-state index contributed by atoms with van der Waals surface area (Å²) >= 11 is 0. The Hall–Kier alpha value is -3.62. The van der Waals surface area contributed by atoms with Gasteiger partial charge in [0, 0.05) is 35.4 Å². The molecule has 0 unspecified atom stereocenters. The van der Waals surface area contributed by atoms with Crippen molar-refractivity contribution in [2.45, 2.75) is 13.1 Å². The van der Waals surface area contributed by atoms with Gasteiger partial charge >= 0.3 is 6.18 Å². The second-order valence-corrected chi connectivity index (χ2v) is 6.01. The average molecular weight is 389 g/mol. The topological polar surface area (TPSA) is 91.1 Å². The van der Waals surface area contributed by atoms with E-state index in [0.29, 0.717) is 5.52 Å². The minimum Gasteiger partial charge on any atom is -0.360 e. The SMILES string of the molecule is CC(=O)Nc1cc(NC(=O)c2c[nH]c3ccccc3c2=O)cc(C(F)(F)F)c1. The summed E-state index contributed by atoms with van der Waals surface area (Å²) < 4.78 is 39.3. The van der Waals surface area contributed by atoms with Crippen LogP contribution in [0.15, 0.2) is 53.5 Å². The van der Waals surface area contributed by atoms with E-state index in [9.17, 15) is 27.6 Å². The van der Waals surface area contributed by atoms with E-state index in [2.05, 4.69) is 15.6 Å². The molecule has 28 heavy (non-hydrogen) atoms. The Morgan fingerprint density at radius 2 is 1.64 bits per heavy atom. The van der Waals surface area contributed by atoms with Crippen LogP contribution in [-0.4, -0.2) is 16.8 Å². The van der Waals surface area contributed by atoms with Crippen molar-refractivity contribution in [1.29, 1.82) is 0 Å². The van der Waals surface area contributed by atoms with Crippen molar-refractivity contribution in [3.8, 4) is 0 Å². The van der Waals surface area contributed by atoms with Crippen LogP contribution in [0.4, 0.5) is 24.5 Å². The maximum atomic E-state index is 13.1. The van der Waals surface area contributed by atoms with Gasteiger partial charge in [0.1, 0.15) is 5.56 Å². The number of aromatic nitrogens is 1. The molecule has 0 radical (unpaired) electrons. The molecule has 0 aliphatic rings. The van der Waals surface area contributed by atoms with Gasteiger partial charge in [-0.15, -0.1) is 0 Å². The second kappa shape index (κ2) is 7.18. The number of carbonyl (C=O) groups excluding carboxylic acids is 2. The highest BCUT2D eigenvalue weighted by atomic mass is 19.4. The molecular weight excluding hydrogens is 375 g/mol. The second-order valence-electron chi connectivity index (χ2n) is 6.01. The van der Waals surface area contributed by atoms with Gasteiger partial charge in [-0.2, -0.15) is 13.2 Å². The molecule has 2 aromatic carbocycles. The van der Waals surface area contributed by atoms with Crippen LogP contribution in [0.2, 0.25) is 0 Å². The molecule has 0 atom stereocenters. The third-order valence-corrected chi connectivity index (χ3v) is 3.87. The van der Waals surface area contributed by atoms with E-state index in [-0.39, 0.29) is 22.3 Å². The van der Waals surface area contributed by atoms with E-state index in [1.807, 2.05) is 0 Å². The van der Waals surface area contributed by atoms with Gasteiger partial charge in [-0.1, -0.05) is 12.1 Å². The summed E-state index contributed by atoms with van der Waals surface area (Å²) in [5, 5.41) is 4.80. The molecule has 0 bridgehead atoms. The first-order valence-electron chi connectivity index (χ1n) is 8.07. The van der Waals surface area contributed by atoms with Gasteiger partial charge in [0.2, 0.25) is 11.3 Å². The molecule has 2 amide bonds. The monoisotopic (exact) mass is 389 g/mol. The number of benzene rings is 2. The number of pyridine rings is 1. The van der Waals surface area contributed by atoms with Gasteiger partial charge < -0.3 is 15.6 Å². The third kappa shape index (κ3) is 4.03. The van der Waals surface area contributed by atoms with Crippen LogP contribution in [0, 0.1) is 0 Å². The minimum atomic E-state index is -4.69. The summed E-state index contributed by atoms with van der Waals surface area (Å²) in [5.41, 5.74) is -1.68. The number of hydrogen-bond donors (Lipinski definition) is 3. The summed E-state index contributed by atoms with van der Waals surface area (Å²) in [7, 11) is 0. The van der Waals surface area contributed by atoms with E-state index in [4.69, 9.17) is 0 Å². The molecule has 0 spiro atoms. The van der Waals surface area contributed by atoms with Gasteiger partial charge in [0.15, 0.2) is 0 Å². The maximum Gasteiger partial charge on any atom is 0.416 e. The van der Waals surface area contributed by atoms with E-state index >= 15 is 0 Å². The number of nitrogens with one attached hydrogen (secondary N) is 3. The average Bonchev–Trinajstić information content (AvgIpc) is 2.60. The molecule has 9 heteroatoms. The molecule has 3 aromatic rings. The zero-order valence-electron chi connectivity index (χ0n) is 14.5. The fourth-order valence-corrected chi connectivity index (χ4v) is 2.67. The third-order valence-electron chi connectivity index (χ3n) is 3.87. The van der Waals surface area contributed by atoms with Crippen molar-refractivity contribution in [1.82, 2.24) is 4.98 Å². The Kier molecular flexibility index (Phi) is 4.91. The van der Waals surface area contributed by atoms with Gasteiger partial charge in [-0.25, -0.2) is 0 Å². The Labute approximate surface area is 156 Å². The molecule has 3 rings (SSSR count). The van der Waals surface area contributed by atoms with Crippen LogP contribution in [0.3, 0.4) is 0 Å². The summed E-state index contributed by atoms with van der Waals surface area (Å²) in [6.45, 7) is 1.15. The van der Waals surface area contributed by atoms with Crippen molar-refractivity contribution in [3.05, 3.63) is 70.0 Å². The lowest BCUT2D eigenvalue weighted by molar-refractivity contribution is -0.137. The van der Waals surface area contributed by atoms with Crippen LogP contribution >= 0.6 is 0 Å². The Morgan fingerprint density at radius 1 is 1.00 bits per heavy atom. The Morgan fingerprint density at radius 3 is 2.29 bits per heavy atom. The first kappa shape index (κ1) is 19.2. The van der Waals surface area contributed by atoms with E-state index in [0.717, 1.165) is 19.1 Å². The fourth-order valence-electron chi connectivity index (χ4n) is 2.67. The highest BCUT2D eigenvalue weighted by Crippen LogP contribution is 2.33. The summed E-state index contributed by atoms with van der Waals surface area (Å²) in [5.74, 6) is -1.44. The molecular formula is C19H14F3N3O3. The summed E-state index contributed by atoms with van der Waals surface area (Å²) in [6.07, 6.45) is -3.49. The molecule has 1 heterocycles. The molecule has 0 aliphatic heterocycles. The smallest absolute Gasteiger partial charge is 0.360 e. The summed E-state index contributed by atoms with van der Waals surface area (Å²) in [4.78, 5) is 38.9. The van der Waals surface area contributed by atoms with Crippen LogP contribution in [-0.2, 0) is 11.0 Å². The lowest BCUT2D eigenvalue weighted by Crippen LogP contribution is -2.22. The number of carbonyl (C=O) groups is 2. The van der Waals surface area contributed by atoms with Crippen molar-refractivity contribution < 1.29 is 22.8 Å². The molecule has 144 valence electrons. The van der Waals surface area contributed by atoms with Crippen molar-refractivity contribution in [2.75, 3.05) is 10.6 Å². The number of halogens is 3. The lowest BCUT2D eigenvalue weighted by Gasteiger charge is -2.13. The molecule has 1 aromatic heterocycles. The highest BCUT2D eigenvalue weighted by molar-refractivity contribution is 6.06. The number of aromatic amines is 1. The molecule has 3 N–H and O–H groups in total. The number of amides is 2. The first-order chi connectivity index (χ1) is 13.1. The van der Waals surface area contributed by atoms with Crippen LogP contribution in [0.1, 0.15) is 22.8 Å². The zero-order valence-corrected chi connectivity index (χ0v) is 14.5. The molecule has 0 aliphatic carbocycles. The quantitative estimate of drug-likeness (QED) is 0.637. The fraction of sp³-hybridized carbons (Fsp3) is 0.105. The Bertz CT molecular complexity index is 1140. The van der Waals surface area contributed by atoms with Crippen molar-refractivity contribution >= 4 is 34.1 Å². The zero-order chi connectivity index (χ0) is 20.5. The predicted octanol–water partition coefficient (Wildman–Crippen LogP) is 3.76. The number of fused-ring (bicyclic) bond motifs is 1. The summed E-state index contributed by atoms with van der Waals surface area (Å²) in [6, 6.07) is 9.17. The largest absolute Gasteiger partial charge is 0.416 e. The molecule has 6 nitrogen and oxygen atoms in total. The molecule has 0 fully saturated rings. The van der Waals surface area contributed by atoms with Gasteiger partial charge in [-0.05, 0) is 30.3 Å². The lowest BCUT2D eigenvalue weighted by atomic mass is 10.1. The molecule has 0 saturated carbocycles. The van der Waals surface area contributed by atoms with E-state index in [1.54, 1.807) is 18.2 Å². The number of alkyl halides is 3. The van der Waals surface area contributed by atoms with Crippen LogP contribution < -0.4 is 16.1 Å². The van der Waals surface area contributed by atoms with Crippen LogP contribution in [0.25, 0.3) is 10.9 Å². The number of para-hydroxylation sites is 1. The standard InChI is InChI=1S/C19H14F3N3O3/c1-10(26)24-12-6-11(19(20,21)22)7-13(8-12)25-18(28)15-9-23-16-5-3-2-4-14(16)17(15)27/h2-9H,1H3,(H,23,27)(H,24,26)(H,25,28). The first-order valence-corrected chi connectivity index (χ1v) is 8.07. The Balaban J connectivity index is 1.99. The van der Waals surface area contributed by atoms with Crippen molar-refractivity contribution in [3.63, 3.8) is 0 Å². The maximum absolute atomic E-state index is 13.1. The van der Waals surface area contributed by atoms with E-state index < -0.39 is 29.0 Å². The minimum absolute atomic E-state index is 0.134.